The molecule has 7 aliphatic rings. The molecule has 184 valence electrons. The van der Waals surface area contributed by atoms with Crippen LogP contribution in [0.1, 0.15) is 61.6 Å². The van der Waals surface area contributed by atoms with Crippen molar-refractivity contribution in [2.24, 2.45) is 11.3 Å². The molecule has 4 bridgehead atoms. The standard InChI is InChI=1S/C31H38N2O2/c34-25-11-10-23-19-26-30-13-12-24(32(17-14-30)16-4-7-21-5-2-1-3-6-21)29-31(30,27(23)28(25)35-29)15-18-33(26)20-22-8-9-22/h1-3,5-6,10-11,22,24,26,29,34H,4,7-9,12-20H2/t24-,26-,29+,30-,31+/m1/s1. The zero-order valence-electron chi connectivity index (χ0n) is 20.8. The number of nitrogens with zero attached hydrogens (tertiary/aromatic N) is 2. The van der Waals surface area contributed by atoms with Gasteiger partial charge in [-0.1, -0.05) is 36.4 Å². The lowest BCUT2D eigenvalue weighted by atomic mass is 9.42. The van der Waals surface area contributed by atoms with Crippen LogP contribution < -0.4 is 4.74 Å². The summed E-state index contributed by atoms with van der Waals surface area (Å²) in [6.45, 7) is 4.87. The van der Waals surface area contributed by atoms with E-state index in [0.29, 0.717) is 23.2 Å². The van der Waals surface area contributed by atoms with Crippen LogP contribution in [-0.2, 0) is 18.3 Å². The van der Waals surface area contributed by atoms with Crippen molar-refractivity contribution < 1.29 is 9.84 Å². The summed E-state index contributed by atoms with van der Waals surface area (Å²) in [5.74, 6) is 2.16. The molecule has 35 heavy (non-hydrogen) atoms. The zero-order chi connectivity index (χ0) is 23.2. The Morgan fingerprint density at radius 3 is 2.66 bits per heavy atom. The summed E-state index contributed by atoms with van der Waals surface area (Å²) in [4.78, 5) is 5.72. The molecule has 5 fully saturated rings. The van der Waals surface area contributed by atoms with Crippen molar-refractivity contribution in [1.82, 2.24) is 9.80 Å². The molecule has 9 rings (SSSR count). The highest BCUT2D eigenvalue weighted by Gasteiger charge is 2.74. The molecule has 0 aromatic heterocycles. The first kappa shape index (κ1) is 21.1. The number of aryl methyl sites for hydroxylation is 1. The topological polar surface area (TPSA) is 35.9 Å². The van der Waals surface area contributed by atoms with Crippen molar-refractivity contribution in [1.29, 1.82) is 0 Å². The van der Waals surface area contributed by atoms with Gasteiger partial charge in [0.05, 0.1) is 0 Å². The van der Waals surface area contributed by atoms with E-state index >= 15 is 0 Å². The van der Waals surface area contributed by atoms with Crippen LogP contribution in [0.15, 0.2) is 42.5 Å². The number of hydrogen-bond donors (Lipinski definition) is 1. The van der Waals surface area contributed by atoms with E-state index in [1.54, 1.807) is 0 Å². The third-order valence-corrected chi connectivity index (χ3v) is 11.1. The summed E-state index contributed by atoms with van der Waals surface area (Å²) >= 11 is 0. The summed E-state index contributed by atoms with van der Waals surface area (Å²) in [5, 5.41) is 10.9. The molecule has 1 N–H and O–H groups in total. The van der Waals surface area contributed by atoms with E-state index in [9.17, 15) is 5.11 Å². The average molecular weight is 471 g/mol. The maximum Gasteiger partial charge on any atom is 0.165 e. The van der Waals surface area contributed by atoms with Gasteiger partial charge in [0.15, 0.2) is 11.5 Å². The Labute approximate surface area is 209 Å². The second-order valence-corrected chi connectivity index (χ2v) is 12.5. The SMILES string of the molecule is Oc1ccc2c3c1O[C@H]1[C@H]4CC[C@@]5(CCN4CCCc4ccccc4)[C@@H](C2)N(CC2CC2)CC[C@]315. The van der Waals surface area contributed by atoms with Crippen LogP contribution in [0.4, 0.5) is 0 Å². The summed E-state index contributed by atoms with van der Waals surface area (Å²) in [6.07, 6.45) is 11.6. The molecule has 4 aliphatic heterocycles. The second kappa shape index (κ2) is 7.49. The fourth-order valence-electron chi connectivity index (χ4n) is 9.47. The predicted molar refractivity (Wildman–Crippen MR) is 137 cm³/mol. The average Bonchev–Trinajstić information content (AvgIpc) is 3.66. The Balaban J connectivity index is 1.17. The Hall–Kier alpha value is -2.04. The molecule has 2 saturated carbocycles. The molecule has 4 heteroatoms. The minimum atomic E-state index is 0.0937. The molecule has 4 heterocycles. The number of aromatic hydroxyl groups is 1. The van der Waals surface area contributed by atoms with E-state index in [-0.39, 0.29) is 11.5 Å². The normalized spacial score (nSPS) is 37.1. The largest absolute Gasteiger partial charge is 0.504 e. The zero-order valence-corrected chi connectivity index (χ0v) is 20.8. The van der Waals surface area contributed by atoms with E-state index in [0.717, 1.165) is 31.1 Å². The van der Waals surface area contributed by atoms with Gasteiger partial charge >= 0.3 is 0 Å². The molecule has 5 atom stereocenters. The number of benzene rings is 2. The number of phenols is 1. The smallest absolute Gasteiger partial charge is 0.165 e. The summed E-state index contributed by atoms with van der Waals surface area (Å²) in [7, 11) is 0. The van der Waals surface area contributed by atoms with Crippen LogP contribution in [0.5, 0.6) is 11.5 Å². The van der Waals surface area contributed by atoms with Gasteiger partial charge in [-0.05, 0) is 101 Å². The summed E-state index contributed by atoms with van der Waals surface area (Å²) in [5.41, 5.74) is 4.74. The van der Waals surface area contributed by atoms with E-state index in [2.05, 4.69) is 46.2 Å². The monoisotopic (exact) mass is 470 g/mol. The van der Waals surface area contributed by atoms with E-state index in [1.807, 2.05) is 6.07 Å². The van der Waals surface area contributed by atoms with Crippen molar-refractivity contribution in [3.8, 4) is 11.5 Å². The Morgan fingerprint density at radius 2 is 1.80 bits per heavy atom. The highest BCUT2D eigenvalue weighted by atomic mass is 16.5. The van der Waals surface area contributed by atoms with E-state index < -0.39 is 0 Å². The van der Waals surface area contributed by atoms with Crippen molar-refractivity contribution >= 4 is 0 Å². The van der Waals surface area contributed by atoms with Crippen LogP contribution in [0.25, 0.3) is 0 Å². The number of piperidine rings is 1. The first-order chi connectivity index (χ1) is 17.2. The van der Waals surface area contributed by atoms with Crippen molar-refractivity contribution in [3.05, 3.63) is 59.2 Å². The fraction of sp³-hybridized carbons (Fsp3) is 0.613. The molecule has 2 aromatic carbocycles. The summed E-state index contributed by atoms with van der Waals surface area (Å²) < 4.78 is 6.93. The molecule has 3 saturated heterocycles. The highest BCUT2D eigenvalue weighted by molar-refractivity contribution is 5.62. The van der Waals surface area contributed by atoms with Gasteiger partial charge < -0.3 is 9.84 Å². The lowest BCUT2D eigenvalue weighted by Crippen LogP contribution is -2.72. The maximum absolute atomic E-state index is 10.9. The number of likely N-dealkylation sites (tertiary alicyclic amines) is 1. The van der Waals surface area contributed by atoms with Gasteiger partial charge in [-0.25, -0.2) is 0 Å². The molecular formula is C31H38N2O2. The van der Waals surface area contributed by atoms with Gasteiger partial charge in [-0.15, -0.1) is 0 Å². The number of fused-ring (bicyclic) bond motifs is 3. The molecule has 4 nitrogen and oxygen atoms in total. The fourth-order valence-corrected chi connectivity index (χ4v) is 9.47. The van der Waals surface area contributed by atoms with Crippen LogP contribution >= 0.6 is 0 Å². The number of rotatable bonds is 6. The maximum atomic E-state index is 10.9. The van der Waals surface area contributed by atoms with Gasteiger partial charge in [0.25, 0.3) is 0 Å². The summed E-state index contributed by atoms with van der Waals surface area (Å²) in [6, 6.07) is 16.2. The van der Waals surface area contributed by atoms with Gasteiger partial charge in [-0.2, -0.15) is 0 Å². The Kier molecular flexibility index (Phi) is 4.51. The Bertz CT molecular complexity index is 1150. The van der Waals surface area contributed by atoms with Gasteiger partial charge in [0.1, 0.15) is 6.10 Å². The van der Waals surface area contributed by atoms with Crippen LogP contribution in [-0.4, -0.2) is 59.3 Å². The number of phenolic OH excluding ortho intramolecular Hbond substituents is 1. The third kappa shape index (κ3) is 2.81. The molecule has 0 unspecified atom stereocenters. The first-order valence-electron chi connectivity index (χ1n) is 14.2. The minimum absolute atomic E-state index is 0.0937. The lowest BCUT2D eigenvalue weighted by molar-refractivity contribution is -0.130. The second-order valence-electron chi connectivity index (χ2n) is 12.5. The van der Waals surface area contributed by atoms with Crippen molar-refractivity contribution in [3.63, 3.8) is 0 Å². The Morgan fingerprint density at radius 1 is 0.943 bits per heavy atom. The highest BCUT2D eigenvalue weighted by Crippen LogP contribution is 2.71. The number of hydrogen-bond acceptors (Lipinski definition) is 4. The van der Waals surface area contributed by atoms with Crippen LogP contribution in [0.3, 0.4) is 0 Å². The van der Waals surface area contributed by atoms with Gasteiger partial charge in [0, 0.05) is 35.0 Å². The minimum Gasteiger partial charge on any atom is -0.504 e. The quantitative estimate of drug-likeness (QED) is 0.650. The molecule has 3 aliphatic carbocycles. The van der Waals surface area contributed by atoms with E-state index in [4.69, 9.17) is 4.74 Å². The molecule has 2 spiro atoms. The van der Waals surface area contributed by atoms with Crippen molar-refractivity contribution in [2.45, 2.75) is 81.4 Å². The van der Waals surface area contributed by atoms with Crippen LogP contribution in [0, 0.1) is 11.3 Å². The third-order valence-electron chi connectivity index (χ3n) is 11.1. The van der Waals surface area contributed by atoms with E-state index in [1.165, 1.54) is 81.3 Å². The van der Waals surface area contributed by atoms with Gasteiger partial charge in [-0.3, -0.25) is 9.80 Å². The molecular weight excluding hydrogens is 432 g/mol. The predicted octanol–water partition coefficient (Wildman–Crippen LogP) is 4.92. The molecule has 0 amide bonds. The van der Waals surface area contributed by atoms with Crippen molar-refractivity contribution in [2.75, 3.05) is 26.2 Å². The molecule has 0 radical (unpaired) electrons. The van der Waals surface area contributed by atoms with Crippen LogP contribution in [0.2, 0.25) is 0 Å². The molecule has 2 aromatic rings. The first-order valence-corrected chi connectivity index (χ1v) is 14.2. The van der Waals surface area contributed by atoms with Gasteiger partial charge in [0.2, 0.25) is 0 Å². The lowest BCUT2D eigenvalue weighted by Gasteiger charge is -2.66. The number of ether oxygens (including phenoxy) is 1.